The first-order valence-corrected chi connectivity index (χ1v) is 9.10. The van der Waals surface area contributed by atoms with Crippen LogP contribution >= 0.6 is 22.9 Å². The minimum Gasteiger partial charge on any atom is -0.302 e. The highest BCUT2D eigenvalue weighted by atomic mass is 35.5. The molecule has 3 nitrogen and oxygen atoms in total. The van der Waals surface area contributed by atoms with Gasteiger partial charge >= 0.3 is 0 Å². The Morgan fingerprint density at radius 1 is 1.24 bits per heavy atom. The number of hydrogen-bond acceptors (Lipinski definition) is 3. The molecule has 3 aromatic rings. The van der Waals surface area contributed by atoms with Crippen molar-refractivity contribution < 1.29 is 9.18 Å². The van der Waals surface area contributed by atoms with Crippen LogP contribution < -0.4 is 5.32 Å². The number of aromatic nitrogens is 1. The van der Waals surface area contributed by atoms with Crippen LogP contribution in [0.1, 0.15) is 18.1 Å². The third kappa shape index (κ3) is 4.24. The second-order valence-corrected chi connectivity index (χ2v) is 6.78. The number of benzene rings is 2. The monoisotopic (exact) mass is 374 g/mol. The van der Waals surface area contributed by atoms with Crippen molar-refractivity contribution in [2.45, 2.75) is 19.8 Å². The fourth-order valence-electron chi connectivity index (χ4n) is 2.40. The van der Waals surface area contributed by atoms with E-state index in [0.717, 1.165) is 17.7 Å². The van der Waals surface area contributed by atoms with E-state index in [1.165, 1.54) is 29.0 Å². The van der Waals surface area contributed by atoms with Gasteiger partial charge in [-0.25, -0.2) is 9.37 Å². The van der Waals surface area contributed by atoms with E-state index in [0.29, 0.717) is 5.13 Å². The van der Waals surface area contributed by atoms with Crippen LogP contribution in [0.2, 0.25) is 5.02 Å². The molecule has 0 aliphatic rings. The third-order valence-corrected chi connectivity index (χ3v) is 4.92. The maximum atomic E-state index is 13.8. The molecule has 0 radical (unpaired) electrons. The molecule has 128 valence electrons. The van der Waals surface area contributed by atoms with Gasteiger partial charge in [0.15, 0.2) is 5.13 Å². The minimum atomic E-state index is -0.488. The van der Waals surface area contributed by atoms with Crippen molar-refractivity contribution in [3.8, 4) is 11.3 Å². The summed E-state index contributed by atoms with van der Waals surface area (Å²) in [6.07, 6.45) is 0.850. The number of anilines is 1. The van der Waals surface area contributed by atoms with E-state index >= 15 is 0 Å². The molecule has 0 aliphatic heterocycles. The maximum absolute atomic E-state index is 13.8. The lowest BCUT2D eigenvalue weighted by atomic mass is 10.1. The first kappa shape index (κ1) is 17.6. The number of nitrogens with zero attached hydrogens (tertiary/aromatic N) is 1. The average molecular weight is 375 g/mol. The van der Waals surface area contributed by atoms with Gasteiger partial charge in [-0.3, -0.25) is 4.79 Å². The van der Waals surface area contributed by atoms with Crippen LogP contribution in [-0.2, 0) is 17.6 Å². The maximum Gasteiger partial charge on any atom is 0.230 e. The molecule has 0 spiro atoms. The van der Waals surface area contributed by atoms with Crippen molar-refractivity contribution in [2.24, 2.45) is 0 Å². The Morgan fingerprint density at radius 2 is 2.00 bits per heavy atom. The molecule has 1 amide bonds. The van der Waals surface area contributed by atoms with Gasteiger partial charge in [-0.1, -0.05) is 48.9 Å². The first-order valence-electron chi connectivity index (χ1n) is 7.84. The van der Waals surface area contributed by atoms with Gasteiger partial charge in [-0.15, -0.1) is 11.3 Å². The largest absolute Gasteiger partial charge is 0.302 e. The average Bonchev–Trinajstić information content (AvgIpc) is 3.07. The lowest BCUT2D eigenvalue weighted by Crippen LogP contribution is -2.15. The van der Waals surface area contributed by atoms with Crippen LogP contribution in [0.15, 0.2) is 47.8 Å². The van der Waals surface area contributed by atoms with Gasteiger partial charge in [0, 0.05) is 21.5 Å². The molecule has 2 aromatic carbocycles. The summed E-state index contributed by atoms with van der Waals surface area (Å²) >= 11 is 7.28. The number of amides is 1. The van der Waals surface area contributed by atoms with E-state index in [1.807, 2.05) is 17.5 Å². The van der Waals surface area contributed by atoms with Crippen LogP contribution in [0.4, 0.5) is 9.52 Å². The number of carbonyl (C=O) groups excluding carboxylic acids is 1. The van der Waals surface area contributed by atoms with E-state index in [9.17, 15) is 9.18 Å². The number of thiazole rings is 1. The second kappa shape index (κ2) is 7.76. The molecule has 0 saturated carbocycles. The minimum absolute atomic E-state index is 0.133. The number of aryl methyl sites for hydroxylation is 1. The standard InChI is InChI=1S/C19H16ClFN2OS/c1-2-12-6-8-13(9-7-12)17-11-25-19(22-17)23-18(24)10-14-15(20)4-3-5-16(14)21/h3-9,11H,2,10H2,1H3,(H,22,23,24). The van der Waals surface area contributed by atoms with E-state index < -0.39 is 5.82 Å². The molecule has 1 aromatic heterocycles. The Labute approximate surface area is 154 Å². The lowest BCUT2D eigenvalue weighted by Gasteiger charge is -2.05. The highest BCUT2D eigenvalue weighted by Gasteiger charge is 2.13. The number of nitrogens with one attached hydrogen (secondary N) is 1. The molecular weight excluding hydrogens is 359 g/mol. The van der Waals surface area contributed by atoms with Crippen molar-refractivity contribution in [1.29, 1.82) is 0 Å². The van der Waals surface area contributed by atoms with Crippen LogP contribution in [-0.4, -0.2) is 10.9 Å². The molecule has 25 heavy (non-hydrogen) atoms. The van der Waals surface area contributed by atoms with Gasteiger partial charge in [0.25, 0.3) is 0 Å². The lowest BCUT2D eigenvalue weighted by molar-refractivity contribution is -0.115. The highest BCUT2D eigenvalue weighted by Crippen LogP contribution is 2.26. The van der Waals surface area contributed by atoms with Gasteiger partial charge in [-0.2, -0.15) is 0 Å². The van der Waals surface area contributed by atoms with Crippen molar-refractivity contribution in [2.75, 3.05) is 5.32 Å². The molecule has 0 atom stereocenters. The Kier molecular flexibility index (Phi) is 5.46. The van der Waals surface area contributed by atoms with Crippen molar-refractivity contribution in [1.82, 2.24) is 4.98 Å². The summed E-state index contributed by atoms with van der Waals surface area (Å²) in [6.45, 7) is 2.10. The van der Waals surface area contributed by atoms with E-state index in [2.05, 4.69) is 29.4 Å². The molecule has 1 heterocycles. The van der Waals surface area contributed by atoms with Gasteiger partial charge in [0.05, 0.1) is 12.1 Å². The van der Waals surface area contributed by atoms with Gasteiger partial charge in [-0.05, 0) is 24.1 Å². The summed E-state index contributed by atoms with van der Waals surface area (Å²) in [6, 6.07) is 12.5. The molecule has 0 saturated heterocycles. The Hall–Kier alpha value is -2.24. The van der Waals surface area contributed by atoms with Crippen LogP contribution in [0.25, 0.3) is 11.3 Å². The molecule has 0 aliphatic carbocycles. The predicted octanol–water partition coefficient (Wildman–Crippen LogP) is 5.35. The van der Waals surface area contributed by atoms with E-state index in [-0.39, 0.29) is 22.9 Å². The topological polar surface area (TPSA) is 42.0 Å². The quantitative estimate of drug-likeness (QED) is 0.654. The predicted molar refractivity (Wildman–Crippen MR) is 101 cm³/mol. The van der Waals surface area contributed by atoms with Crippen LogP contribution in [0, 0.1) is 5.82 Å². The second-order valence-electron chi connectivity index (χ2n) is 5.51. The summed E-state index contributed by atoms with van der Waals surface area (Å²) in [5, 5.41) is 5.30. The van der Waals surface area contributed by atoms with Crippen LogP contribution in [0.5, 0.6) is 0 Å². The molecule has 0 unspecified atom stereocenters. The van der Waals surface area contributed by atoms with Crippen LogP contribution in [0.3, 0.4) is 0 Å². The molecule has 6 heteroatoms. The zero-order chi connectivity index (χ0) is 17.8. The smallest absolute Gasteiger partial charge is 0.230 e. The number of hydrogen-bond donors (Lipinski definition) is 1. The Balaban J connectivity index is 1.69. The molecule has 1 N–H and O–H groups in total. The van der Waals surface area contributed by atoms with E-state index in [4.69, 9.17) is 11.6 Å². The highest BCUT2D eigenvalue weighted by molar-refractivity contribution is 7.14. The normalized spacial score (nSPS) is 10.7. The van der Waals surface area contributed by atoms with Crippen molar-refractivity contribution >= 4 is 34.0 Å². The SMILES string of the molecule is CCc1ccc(-c2csc(NC(=O)Cc3c(F)cccc3Cl)n2)cc1. The van der Waals surface area contributed by atoms with Gasteiger partial charge in [0.1, 0.15) is 5.82 Å². The third-order valence-electron chi connectivity index (χ3n) is 3.81. The van der Waals surface area contributed by atoms with Crippen molar-refractivity contribution in [3.05, 3.63) is 69.8 Å². The molecule has 0 bridgehead atoms. The Bertz CT molecular complexity index is 872. The summed E-state index contributed by atoms with van der Waals surface area (Å²) in [5.41, 5.74) is 3.24. The molecular formula is C19H16ClFN2OS. The summed E-state index contributed by atoms with van der Waals surface area (Å²) in [4.78, 5) is 16.6. The van der Waals surface area contributed by atoms with Gasteiger partial charge < -0.3 is 5.32 Å². The zero-order valence-corrected chi connectivity index (χ0v) is 15.1. The van der Waals surface area contributed by atoms with Gasteiger partial charge in [0.2, 0.25) is 5.91 Å². The van der Waals surface area contributed by atoms with Crippen molar-refractivity contribution in [3.63, 3.8) is 0 Å². The van der Waals surface area contributed by atoms with E-state index in [1.54, 1.807) is 6.07 Å². The molecule has 3 rings (SSSR count). The number of carbonyl (C=O) groups is 1. The zero-order valence-electron chi connectivity index (χ0n) is 13.6. The summed E-state index contributed by atoms with van der Waals surface area (Å²) < 4.78 is 13.8. The first-order chi connectivity index (χ1) is 12.1. The Morgan fingerprint density at radius 3 is 2.68 bits per heavy atom. The fraction of sp³-hybridized carbons (Fsp3) is 0.158. The number of rotatable bonds is 5. The molecule has 0 fully saturated rings. The summed E-state index contributed by atoms with van der Waals surface area (Å²) in [7, 11) is 0. The number of halogens is 2. The summed E-state index contributed by atoms with van der Waals surface area (Å²) in [5.74, 6) is -0.840. The fourth-order valence-corrected chi connectivity index (χ4v) is 3.37.